The Balaban J connectivity index is 2.67. The summed E-state index contributed by atoms with van der Waals surface area (Å²) >= 11 is 0. The highest BCUT2D eigenvalue weighted by Gasteiger charge is 2.07. The van der Waals surface area contributed by atoms with Crippen molar-refractivity contribution in [2.45, 2.75) is 6.92 Å². The second-order valence-electron chi connectivity index (χ2n) is 2.76. The second kappa shape index (κ2) is 2.55. The van der Waals surface area contributed by atoms with Gasteiger partial charge in [0.2, 0.25) is 5.82 Å². The largest absolute Gasteiger partial charge is 0.475 e. The molecule has 0 saturated heterocycles. The van der Waals surface area contributed by atoms with Gasteiger partial charge in [-0.05, 0) is 13.0 Å². The van der Waals surface area contributed by atoms with Gasteiger partial charge in [0, 0.05) is 17.3 Å². The smallest absolute Gasteiger partial charge is 0.374 e. The summed E-state index contributed by atoms with van der Waals surface area (Å²) in [4.78, 5) is 21.0. The number of H-pyrrole nitrogens is 1. The zero-order chi connectivity index (χ0) is 9.42. The van der Waals surface area contributed by atoms with Gasteiger partial charge in [-0.3, -0.25) is 0 Å². The maximum Gasteiger partial charge on any atom is 0.374 e. The summed E-state index contributed by atoms with van der Waals surface area (Å²) in [5, 5.41) is 9.43. The maximum atomic E-state index is 10.5. The normalized spacial score (nSPS) is 10.5. The SMILES string of the molecule is Cc1cc2cnc(C(=O)O)nc2[nH]1. The first-order valence-electron chi connectivity index (χ1n) is 3.72. The Morgan fingerprint density at radius 1 is 1.62 bits per heavy atom. The summed E-state index contributed by atoms with van der Waals surface area (Å²) in [7, 11) is 0. The fourth-order valence-electron chi connectivity index (χ4n) is 1.16. The zero-order valence-electron chi connectivity index (χ0n) is 6.90. The topological polar surface area (TPSA) is 78.9 Å². The van der Waals surface area contributed by atoms with E-state index < -0.39 is 5.97 Å². The predicted molar refractivity (Wildman–Crippen MR) is 45.6 cm³/mol. The van der Waals surface area contributed by atoms with Crippen LogP contribution in [0.1, 0.15) is 16.3 Å². The van der Waals surface area contributed by atoms with Gasteiger partial charge in [0.05, 0.1) is 0 Å². The number of nitrogens with zero attached hydrogens (tertiary/aromatic N) is 2. The van der Waals surface area contributed by atoms with E-state index in [1.807, 2.05) is 13.0 Å². The van der Waals surface area contributed by atoms with Crippen LogP contribution in [0.25, 0.3) is 11.0 Å². The van der Waals surface area contributed by atoms with Gasteiger partial charge >= 0.3 is 5.97 Å². The van der Waals surface area contributed by atoms with Crippen molar-refractivity contribution in [2.75, 3.05) is 0 Å². The first kappa shape index (κ1) is 7.72. The molecule has 0 aliphatic carbocycles. The average Bonchev–Trinajstić information content (AvgIpc) is 2.42. The van der Waals surface area contributed by atoms with Crippen LogP contribution in [-0.4, -0.2) is 26.0 Å². The Bertz CT molecular complexity index is 475. The molecule has 0 amide bonds. The minimum absolute atomic E-state index is 0.186. The molecule has 2 N–H and O–H groups in total. The van der Waals surface area contributed by atoms with Crippen molar-refractivity contribution in [1.29, 1.82) is 0 Å². The molecule has 0 aliphatic heterocycles. The van der Waals surface area contributed by atoms with Crippen LogP contribution in [0.4, 0.5) is 0 Å². The zero-order valence-corrected chi connectivity index (χ0v) is 6.90. The number of carbonyl (C=O) groups is 1. The number of carboxylic acid groups (broad SMARTS) is 1. The van der Waals surface area contributed by atoms with E-state index in [0.717, 1.165) is 11.1 Å². The minimum atomic E-state index is -1.12. The number of nitrogens with one attached hydrogen (secondary N) is 1. The van der Waals surface area contributed by atoms with Crippen molar-refractivity contribution >= 4 is 17.0 Å². The van der Waals surface area contributed by atoms with E-state index in [2.05, 4.69) is 15.0 Å². The standard InChI is InChI=1S/C8H7N3O2/c1-4-2-5-3-9-7(8(12)13)11-6(5)10-4/h2-3H,1H3,(H,12,13)(H,9,10,11). The number of carboxylic acids is 1. The van der Waals surface area contributed by atoms with Crippen molar-refractivity contribution in [3.05, 3.63) is 23.8 Å². The highest BCUT2D eigenvalue weighted by atomic mass is 16.4. The third kappa shape index (κ3) is 1.24. The van der Waals surface area contributed by atoms with Crippen molar-refractivity contribution in [2.24, 2.45) is 0 Å². The molecule has 0 atom stereocenters. The molecule has 2 aromatic rings. The molecule has 2 heterocycles. The highest BCUT2D eigenvalue weighted by molar-refractivity contribution is 5.86. The van der Waals surface area contributed by atoms with Crippen molar-refractivity contribution in [3.8, 4) is 0 Å². The molecule has 0 bridgehead atoms. The van der Waals surface area contributed by atoms with E-state index in [9.17, 15) is 4.79 Å². The molecule has 5 heteroatoms. The van der Waals surface area contributed by atoms with Gasteiger partial charge in [0.25, 0.3) is 0 Å². The number of aromatic nitrogens is 3. The van der Waals surface area contributed by atoms with Crippen molar-refractivity contribution in [1.82, 2.24) is 15.0 Å². The third-order valence-electron chi connectivity index (χ3n) is 1.70. The van der Waals surface area contributed by atoms with Crippen LogP contribution in [0.2, 0.25) is 0 Å². The Morgan fingerprint density at radius 3 is 3.08 bits per heavy atom. The van der Waals surface area contributed by atoms with Gasteiger partial charge in [-0.25, -0.2) is 14.8 Å². The van der Waals surface area contributed by atoms with E-state index in [1.165, 1.54) is 6.20 Å². The summed E-state index contributed by atoms with van der Waals surface area (Å²) in [5.41, 5.74) is 1.50. The van der Waals surface area contributed by atoms with Gasteiger partial charge in [-0.15, -0.1) is 0 Å². The Morgan fingerprint density at radius 2 is 2.38 bits per heavy atom. The summed E-state index contributed by atoms with van der Waals surface area (Å²) < 4.78 is 0. The Kier molecular flexibility index (Phi) is 1.51. The average molecular weight is 177 g/mol. The van der Waals surface area contributed by atoms with E-state index in [0.29, 0.717) is 5.65 Å². The molecule has 0 fully saturated rings. The predicted octanol–water partition coefficient (Wildman–Crippen LogP) is 0.965. The van der Waals surface area contributed by atoms with Crippen LogP contribution < -0.4 is 0 Å². The lowest BCUT2D eigenvalue weighted by Gasteiger charge is -1.91. The molecule has 0 unspecified atom stereocenters. The molecule has 0 spiro atoms. The maximum absolute atomic E-state index is 10.5. The van der Waals surface area contributed by atoms with Crippen LogP contribution in [0.3, 0.4) is 0 Å². The number of hydrogen-bond acceptors (Lipinski definition) is 3. The monoisotopic (exact) mass is 177 g/mol. The van der Waals surface area contributed by atoms with Crippen LogP contribution in [0.15, 0.2) is 12.3 Å². The van der Waals surface area contributed by atoms with E-state index in [4.69, 9.17) is 5.11 Å². The van der Waals surface area contributed by atoms with Crippen molar-refractivity contribution in [3.63, 3.8) is 0 Å². The lowest BCUT2D eigenvalue weighted by molar-refractivity contribution is 0.0684. The number of fused-ring (bicyclic) bond motifs is 1. The van der Waals surface area contributed by atoms with Crippen LogP contribution in [-0.2, 0) is 0 Å². The van der Waals surface area contributed by atoms with E-state index >= 15 is 0 Å². The molecule has 0 aliphatic rings. The van der Waals surface area contributed by atoms with Crippen molar-refractivity contribution < 1.29 is 9.90 Å². The van der Waals surface area contributed by atoms with Gasteiger partial charge in [-0.1, -0.05) is 0 Å². The highest BCUT2D eigenvalue weighted by Crippen LogP contribution is 2.10. The fraction of sp³-hybridized carbons (Fsp3) is 0.125. The summed E-state index contributed by atoms with van der Waals surface area (Å²) in [6.45, 7) is 1.88. The molecular formula is C8H7N3O2. The summed E-state index contributed by atoms with van der Waals surface area (Å²) in [6.07, 6.45) is 1.50. The van der Waals surface area contributed by atoms with Crippen LogP contribution in [0, 0.1) is 6.92 Å². The van der Waals surface area contributed by atoms with Gasteiger partial charge in [-0.2, -0.15) is 0 Å². The third-order valence-corrected chi connectivity index (χ3v) is 1.70. The number of aromatic amines is 1. The molecule has 2 aromatic heterocycles. The molecule has 5 nitrogen and oxygen atoms in total. The summed E-state index contributed by atoms with van der Waals surface area (Å²) in [5.74, 6) is -1.30. The number of rotatable bonds is 1. The first-order chi connectivity index (χ1) is 6.16. The van der Waals surface area contributed by atoms with E-state index in [-0.39, 0.29) is 5.82 Å². The summed E-state index contributed by atoms with van der Waals surface area (Å²) in [6, 6.07) is 1.86. The fourth-order valence-corrected chi connectivity index (χ4v) is 1.16. The van der Waals surface area contributed by atoms with Gasteiger partial charge < -0.3 is 10.1 Å². The number of hydrogen-bond donors (Lipinski definition) is 2. The molecule has 2 rings (SSSR count). The van der Waals surface area contributed by atoms with E-state index in [1.54, 1.807) is 0 Å². The molecule has 0 radical (unpaired) electrons. The number of aryl methyl sites for hydroxylation is 1. The molecular weight excluding hydrogens is 170 g/mol. The van der Waals surface area contributed by atoms with Gasteiger partial charge in [0.1, 0.15) is 5.65 Å². The molecule has 0 aromatic carbocycles. The lowest BCUT2D eigenvalue weighted by Crippen LogP contribution is -2.03. The molecule has 0 saturated carbocycles. The second-order valence-corrected chi connectivity index (χ2v) is 2.76. The Hall–Kier alpha value is -1.91. The van der Waals surface area contributed by atoms with Gasteiger partial charge in [0.15, 0.2) is 0 Å². The first-order valence-corrected chi connectivity index (χ1v) is 3.72. The molecule has 13 heavy (non-hydrogen) atoms. The lowest BCUT2D eigenvalue weighted by atomic mass is 10.4. The number of aromatic carboxylic acids is 1. The Labute approximate surface area is 73.4 Å². The van der Waals surface area contributed by atoms with Crippen LogP contribution in [0.5, 0.6) is 0 Å². The minimum Gasteiger partial charge on any atom is -0.475 e. The van der Waals surface area contributed by atoms with Crippen LogP contribution >= 0.6 is 0 Å². The molecule has 66 valence electrons. The quantitative estimate of drug-likeness (QED) is 0.680.